The molecule has 0 bridgehead atoms. The maximum absolute atomic E-state index is 11.9. The minimum atomic E-state index is -2.93. The number of carbonyl (C=O) groups is 1. The molecule has 0 aromatic carbocycles. The normalized spacial score (nSPS) is 11.6. The first-order valence-corrected chi connectivity index (χ1v) is 10.7. The van der Waals surface area contributed by atoms with E-state index in [-0.39, 0.29) is 5.78 Å². The van der Waals surface area contributed by atoms with Crippen molar-refractivity contribution in [2.75, 3.05) is 19.8 Å². The first kappa shape index (κ1) is 21.9. The van der Waals surface area contributed by atoms with E-state index >= 15 is 0 Å². The van der Waals surface area contributed by atoms with Gasteiger partial charge in [-0.1, -0.05) is 38.4 Å². The molecule has 0 saturated heterocycles. The summed E-state index contributed by atoms with van der Waals surface area (Å²) in [6.07, 6.45) is 6.12. The van der Waals surface area contributed by atoms with E-state index in [9.17, 15) is 4.79 Å². The predicted molar refractivity (Wildman–Crippen MR) is 96.2 cm³/mol. The first-order valence-electron chi connectivity index (χ1n) is 8.53. The lowest BCUT2D eigenvalue weighted by Crippen LogP contribution is -2.53. The summed E-state index contributed by atoms with van der Waals surface area (Å²) < 4.78 is 17.9. The fourth-order valence-corrected chi connectivity index (χ4v) is 5.15. The Morgan fingerprint density at radius 2 is 1.36 bits per heavy atom. The van der Waals surface area contributed by atoms with E-state index in [2.05, 4.69) is 6.92 Å². The van der Waals surface area contributed by atoms with Gasteiger partial charge in [-0.15, -0.1) is 0 Å². The van der Waals surface area contributed by atoms with Gasteiger partial charge in [0, 0.05) is 32.7 Å². The molecule has 0 heterocycles. The van der Waals surface area contributed by atoms with E-state index in [0.29, 0.717) is 43.6 Å². The Kier molecular flexibility index (Phi) is 13.2. The highest BCUT2D eigenvalue weighted by Crippen LogP contribution is 2.17. The number of hydrogen-bond donors (Lipinski definition) is 0. The number of carbonyl (C=O) groups excluding carboxylic acids is 1. The van der Waals surface area contributed by atoms with Crippen molar-refractivity contribution >= 4 is 31.3 Å². The SMILES string of the molecule is CCCCCCC(=O)CCC(=S)[Si](OCC)(OCC)OCC. The van der Waals surface area contributed by atoms with Crippen molar-refractivity contribution in [3.05, 3.63) is 0 Å². The molecule has 130 valence electrons. The minimum absolute atomic E-state index is 0.269. The van der Waals surface area contributed by atoms with Crippen LogP contribution in [-0.2, 0) is 18.1 Å². The molecular formula is C16H32O4SSi. The molecule has 0 fully saturated rings. The second-order valence-corrected chi connectivity index (χ2v) is 8.56. The molecule has 0 spiro atoms. The zero-order valence-electron chi connectivity index (χ0n) is 14.6. The summed E-state index contributed by atoms with van der Waals surface area (Å²) >= 11 is 5.49. The van der Waals surface area contributed by atoms with Gasteiger partial charge in [0.25, 0.3) is 0 Å². The lowest BCUT2D eigenvalue weighted by atomic mass is 10.1. The monoisotopic (exact) mass is 348 g/mol. The Hall–Kier alpha value is -0.143. The van der Waals surface area contributed by atoms with Crippen LogP contribution in [0.3, 0.4) is 0 Å². The molecule has 0 atom stereocenters. The minimum Gasteiger partial charge on any atom is -0.370 e. The molecule has 0 aliphatic heterocycles. The summed E-state index contributed by atoms with van der Waals surface area (Å²) in [5, 5.41) is 0. The maximum Gasteiger partial charge on any atom is 0.544 e. The number of unbranched alkanes of at least 4 members (excludes halogenated alkanes) is 3. The van der Waals surface area contributed by atoms with Crippen molar-refractivity contribution in [1.82, 2.24) is 0 Å². The van der Waals surface area contributed by atoms with E-state index in [1.807, 2.05) is 20.8 Å². The van der Waals surface area contributed by atoms with Crippen molar-refractivity contribution in [3.63, 3.8) is 0 Å². The largest absolute Gasteiger partial charge is 0.544 e. The summed E-state index contributed by atoms with van der Waals surface area (Å²) in [5.41, 5.74) is 0. The smallest absolute Gasteiger partial charge is 0.370 e. The lowest BCUT2D eigenvalue weighted by molar-refractivity contribution is -0.119. The van der Waals surface area contributed by atoms with Crippen LogP contribution in [0.2, 0.25) is 0 Å². The molecule has 0 aliphatic carbocycles. The molecule has 0 aromatic heterocycles. The van der Waals surface area contributed by atoms with Crippen LogP contribution in [0.5, 0.6) is 0 Å². The first-order chi connectivity index (χ1) is 10.6. The Bertz CT molecular complexity index is 306. The molecule has 0 aromatic rings. The average molecular weight is 349 g/mol. The summed E-state index contributed by atoms with van der Waals surface area (Å²) in [6, 6.07) is 0. The van der Waals surface area contributed by atoms with E-state index in [1.54, 1.807) is 0 Å². The van der Waals surface area contributed by atoms with Gasteiger partial charge < -0.3 is 13.3 Å². The highest BCUT2D eigenvalue weighted by atomic mass is 32.1. The van der Waals surface area contributed by atoms with Gasteiger partial charge in [0.1, 0.15) is 5.78 Å². The molecule has 0 saturated carbocycles. The van der Waals surface area contributed by atoms with Gasteiger partial charge in [-0.3, -0.25) is 4.79 Å². The highest BCUT2D eigenvalue weighted by molar-refractivity contribution is 7.84. The van der Waals surface area contributed by atoms with Gasteiger partial charge in [-0.05, 0) is 33.6 Å². The van der Waals surface area contributed by atoms with Crippen LogP contribution in [0.1, 0.15) is 72.6 Å². The zero-order chi connectivity index (χ0) is 16.8. The van der Waals surface area contributed by atoms with Gasteiger partial charge >= 0.3 is 8.80 Å². The van der Waals surface area contributed by atoms with Crippen molar-refractivity contribution in [1.29, 1.82) is 0 Å². The van der Waals surface area contributed by atoms with Crippen LogP contribution in [-0.4, -0.2) is 38.9 Å². The highest BCUT2D eigenvalue weighted by Gasteiger charge is 2.45. The fourth-order valence-electron chi connectivity index (χ4n) is 2.22. The average Bonchev–Trinajstić information content (AvgIpc) is 2.49. The van der Waals surface area contributed by atoms with Gasteiger partial charge in [-0.2, -0.15) is 0 Å². The quantitative estimate of drug-likeness (QED) is 0.251. The van der Waals surface area contributed by atoms with E-state index in [4.69, 9.17) is 25.5 Å². The third-order valence-electron chi connectivity index (χ3n) is 3.28. The number of rotatable bonds is 15. The number of thiocarbonyl (C=S) groups is 1. The Labute approximate surface area is 142 Å². The molecule has 0 aliphatic rings. The molecule has 6 heteroatoms. The van der Waals surface area contributed by atoms with Crippen molar-refractivity contribution < 1.29 is 18.1 Å². The molecule has 4 nitrogen and oxygen atoms in total. The van der Waals surface area contributed by atoms with Gasteiger partial charge in [0.15, 0.2) is 0 Å². The summed E-state index contributed by atoms with van der Waals surface area (Å²) in [6.45, 7) is 9.37. The molecule has 0 unspecified atom stereocenters. The maximum atomic E-state index is 11.9. The van der Waals surface area contributed by atoms with Crippen LogP contribution < -0.4 is 0 Å². The number of ketones is 1. The predicted octanol–water partition coefficient (Wildman–Crippen LogP) is 4.26. The van der Waals surface area contributed by atoms with E-state index in [1.165, 1.54) is 12.8 Å². The third kappa shape index (κ3) is 8.48. The van der Waals surface area contributed by atoms with Crippen LogP contribution in [0, 0.1) is 0 Å². The standard InChI is InChI=1S/C16H32O4SSi/c1-5-9-10-11-12-15(17)13-14-16(21)22(18-6-2,19-7-3)20-8-4/h5-14H2,1-4H3. The van der Waals surface area contributed by atoms with Crippen molar-refractivity contribution in [3.8, 4) is 0 Å². The number of Topliss-reactive ketones (excluding diaryl/α,β-unsaturated/α-hetero) is 1. The second-order valence-electron chi connectivity index (χ2n) is 5.13. The molecule has 0 N–H and O–H groups in total. The lowest BCUT2D eigenvalue weighted by Gasteiger charge is -2.28. The second kappa shape index (κ2) is 13.3. The molecule has 0 rings (SSSR count). The van der Waals surface area contributed by atoms with Crippen LogP contribution in [0.25, 0.3) is 0 Å². The van der Waals surface area contributed by atoms with Crippen LogP contribution in [0.15, 0.2) is 0 Å². The summed E-state index contributed by atoms with van der Waals surface area (Å²) in [4.78, 5) is 11.9. The molecule has 0 amide bonds. The van der Waals surface area contributed by atoms with Gasteiger partial charge in [0.2, 0.25) is 0 Å². The molecular weight excluding hydrogens is 316 g/mol. The van der Waals surface area contributed by atoms with Crippen LogP contribution in [0.4, 0.5) is 0 Å². The Balaban J connectivity index is 4.40. The number of hydrogen-bond acceptors (Lipinski definition) is 5. The summed E-state index contributed by atoms with van der Waals surface area (Å²) in [5.74, 6) is 0.269. The van der Waals surface area contributed by atoms with Gasteiger partial charge in [-0.25, -0.2) is 0 Å². The van der Waals surface area contributed by atoms with E-state index in [0.717, 1.165) is 12.8 Å². The van der Waals surface area contributed by atoms with Crippen molar-refractivity contribution in [2.24, 2.45) is 0 Å². The van der Waals surface area contributed by atoms with Gasteiger partial charge in [0.05, 0.1) is 4.49 Å². The molecule has 0 radical (unpaired) electrons. The van der Waals surface area contributed by atoms with Crippen LogP contribution >= 0.6 is 12.2 Å². The zero-order valence-corrected chi connectivity index (χ0v) is 16.4. The van der Waals surface area contributed by atoms with Crippen molar-refractivity contribution in [2.45, 2.75) is 72.6 Å². The fraction of sp³-hybridized carbons (Fsp3) is 0.875. The molecule has 22 heavy (non-hydrogen) atoms. The van der Waals surface area contributed by atoms with E-state index < -0.39 is 8.80 Å². The Morgan fingerprint density at radius 3 is 1.82 bits per heavy atom. The Morgan fingerprint density at radius 1 is 0.818 bits per heavy atom. The topological polar surface area (TPSA) is 44.8 Å². The third-order valence-corrected chi connectivity index (χ3v) is 7.18. The summed E-state index contributed by atoms with van der Waals surface area (Å²) in [7, 11) is -2.93.